The highest BCUT2D eigenvalue weighted by Gasteiger charge is 2.28. The van der Waals surface area contributed by atoms with Crippen molar-refractivity contribution < 1.29 is 9.53 Å². The van der Waals surface area contributed by atoms with E-state index in [0.29, 0.717) is 17.9 Å². The molecule has 1 saturated carbocycles. The second-order valence-electron chi connectivity index (χ2n) is 9.30. The van der Waals surface area contributed by atoms with E-state index < -0.39 is 0 Å². The van der Waals surface area contributed by atoms with Crippen molar-refractivity contribution in [2.75, 3.05) is 54.4 Å². The van der Waals surface area contributed by atoms with E-state index in [1.165, 1.54) is 49.6 Å². The Labute approximate surface area is 216 Å². The number of aromatic nitrogens is 2. The largest absolute Gasteiger partial charge is 0.492 e. The van der Waals surface area contributed by atoms with Gasteiger partial charge in [0.05, 0.1) is 5.57 Å². The van der Waals surface area contributed by atoms with Crippen molar-refractivity contribution in [3.05, 3.63) is 65.5 Å². The summed E-state index contributed by atoms with van der Waals surface area (Å²) >= 11 is 0. The smallest absolute Gasteiger partial charge is 0.160 e. The molecule has 3 rings (SSSR count). The van der Waals surface area contributed by atoms with Crippen molar-refractivity contribution in [3.8, 4) is 6.07 Å². The monoisotopic (exact) mass is 492 g/mol. The summed E-state index contributed by atoms with van der Waals surface area (Å²) in [4.78, 5) is 22.2. The Hall–Kier alpha value is -3.12. The van der Waals surface area contributed by atoms with Gasteiger partial charge in [0, 0.05) is 43.6 Å². The molecule has 1 aromatic heterocycles. The fraction of sp³-hybridized carbons (Fsp3) is 0.500. The summed E-state index contributed by atoms with van der Waals surface area (Å²) in [7, 11) is 8.46. The number of hydrogen-bond donors (Lipinski definition) is 1. The Bertz CT molecular complexity index is 958. The van der Waals surface area contributed by atoms with Crippen molar-refractivity contribution >= 4 is 12.4 Å². The van der Waals surface area contributed by atoms with Crippen molar-refractivity contribution in [1.82, 2.24) is 25.1 Å². The number of carbonyl (C=O) groups is 1. The molecule has 1 N–H and O–H groups in total. The van der Waals surface area contributed by atoms with Gasteiger partial charge in [-0.3, -0.25) is 4.79 Å². The Balaban J connectivity index is 0.000000319. The minimum atomic E-state index is 0.0600. The maximum Gasteiger partial charge on any atom is 0.160 e. The van der Waals surface area contributed by atoms with Crippen LogP contribution in [0.2, 0.25) is 0 Å². The number of hydrogen-bond acceptors (Lipinski definition) is 8. The molecule has 1 atom stereocenters. The zero-order valence-corrected chi connectivity index (χ0v) is 22.1. The zero-order chi connectivity index (χ0) is 26.2. The zero-order valence-electron chi connectivity index (χ0n) is 22.1. The first-order chi connectivity index (χ1) is 17.5. The lowest BCUT2D eigenvalue weighted by Crippen LogP contribution is -2.38. The second-order valence-corrected chi connectivity index (χ2v) is 9.30. The van der Waals surface area contributed by atoms with Gasteiger partial charge < -0.3 is 19.9 Å². The highest BCUT2D eigenvalue weighted by molar-refractivity contribution is 5.86. The molecule has 1 fully saturated rings. The Morgan fingerprint density at radius 2 is 2.00 bits per heavy atom. The molecule has 1 heterocycles. The summed E-state index contributed by atoms with van der Waals surface area (Å²) in [5.41, 5.74) is 2.09. The third-order valence-corrected chi connectivity index (χ3v) is 6.20. The molecule has 0 aromatic carbocycles. The van der Waals surface area contributed by atoms with Crippen LogP contribution in [-0.4, -0.2) is 86.5 Å². The molecule has 0 bridgehead atoms. The first-order valence-electron chi connectivity index (χ1n) is 12.5. The van der Waals surface area contributed by atoms with Crippen LogP contribution in [0.5, 0.6) is 0 Å². The number of nitrogens with one attached hydrogen (secondary N) is 1. The number of aldehydes is 1. The predicted molar refractivity (Wildman–Crippen MR) is 144 cm³/mol. The van der Waals surface area contributed by atoms with Crippen LogP contribution < -0.4 is 5.32 Å². The maximum atomic E-state index is 10.2. The highest BCUT2D eigenvalue weighted by Crippen LogP contribution is 2.33. The van der Waals surface area contributed by atoms with Gasteiger partial charge in [-0.05, 0) is 77.2 Å². The SMILES string of the molecule is CNC(C1=CCC=CC(OCCN(C)CCN(C)C)=C1)C1CCC1.N#C/C(C=O)=C\c1cncnc1. The van der Waals surface area contributed by atoms with Gasteiger partial charge in [0.15, 0.2) is 6.29 Å². The molecule has 0 spiro atoms. The second kappa shape index (κ2) is 16.5. The summed E-state index contributed by atoms with van der Waals surface area (Å²) in [5, 5.41) is 11.9. The lowest BCUT2D eigenvalue weighted by molar-refractivity contribution is -0.104. The van der Waals surface area contributed by atoms with Crippen LogP contribution in [0.15, 0.2) is 59.9 Å². The molecule has 36 heavy (non-hydrogen) atoms. The van der Waals surface area contributed by atoms with Gasteiger partial charge in [-0.25, -0.2) is 9.97 Å². The quantitative estimate of drug-likeness (QED) is 0.270. The maximum absolute atomic E-state index is 10.2. The first-order valence-corrected chi connectivity index (χ1v) is 12.5. The third-order valence-electron chi connectivity index (χ3n) is 6.20. The number of likely N-dealkylation sites (N-methyl/N-ethyl adjacent to an activating group) is 3. The molecule has 194 valence electrons. The van der Waals surface area contributed by atoms with E-state index >= 15 is 0 Å². The van der Waals surface area contributed by atoms with Gasteiger partial charge in [-0.1, -0.05) is 18.6 Å². The number of nitriles is 1. The minimum absolute atomic E-state index is 0.0600. The van der Waals surface area contributed by atoms with Crippen molar-refractivity contribution in [1.29, 1.82) is 5.26 Å². The lowest BCUT2D eigenvalue weighted by Gasteiger charge is -2.34. The Morgan fingerprint density at radius 3 is 2.58 bits per heavy atom. The molecule has 1 unspecified atom stereocenters. The van der Waals surface area contributed by atoms with Gasteiger partial charge in [0.1, 0.15) is 24.8 Å². The number of carbonyl (C=O) groups excluding carboxylic acids is 1. The van der Waals surface area contributed by atoms with Crippen LogP contribution in [0.25, 0.3) is 6.08 Å². The van der Waals surface area contributed by atoms with E-state index in [-0.39, 0.29) is 5.57 Å². The molecular weight excluding hydrogens is 452 g/mol. The van der Waals surface area contributed by atoms with Crippen LogP contribution >= 0.6 is 0 Å². The summed E-state index contributed by atoms with van der Waals surface area (Å²) in [6.45, 7) is 3.84. The molecule has 0 radical (unpaired) electrons. The van der Waals surface area contributed by atoms with Gasteiger partial charge in [0.25, 0.3) is 0 Å². The lowest BCUT2D eigenvalue weighted by atomic mass is 9.77. The van der Waals surface area contributed by atoms with Crippen LogP contribution in [-0.2, 0) is 9.53 Å². The number of nitrogens with zero attached hydrogens (tertiary/aromatic N) is 5. The van der Waals surface area contributed by atoms with Crippen molar-refractivity contribution in [3.63, 3.8) is 0 Å². The molecule has 8 nitrogen and oxygen atoms in total. The topological polar surface area (TPSA) is 94.4 Å². The standard InChI is InChI=1S/C20H35N3O.C8H5N3O/c1-21-20(17-9-7-10-17)18-8-5-6-11-19(16-18)24-15-14-23(4)13-12-22(2)3;9-2-7(5-12)1-8-3-10-6-11-4-8/h6,8,11,16-17,20-21H,5,7,9-10,12-15H2,1-4H3;1,3-6H/b;7-1+. The molecule has 2 aliphatic rings. The first kappa shape index (κ1) is 29.1. The van der Waals surface area contributed by atoms with Crippen molar-refractivity contribution in [2.45, 2.75) is 31.7 Å². The Morgan fingerprint density at radius 1 is 1.25 bits per heavy atom. The van der Waals surface area contributed by atoms with Crippen LogP contribution in [0.4, 0.5) is 0 Å². The third kappa shape index (κ3) is 10.6. The van der Waals surface area contributed by atoms with Gasteiger partial charge >= 0.3 is 0 Å². The van der Waals surface area contributed by atoms with Crippen LogP contribution in [0.1, 0.15) is 31.2 Å². The molecule has 0 aliphatic heterocycles. The van der Waals surface area contributed by atoms with Crippen LogP contribution in [0.3, 0.4) is 0 Å². The molecule has 1 aromatic rings. The fourth-order valence-electron chi connectivity index (χ4n) is 3.87. The van der Waals surface area contributed by atoms with E-state index in [1.807, 2.05) is 0 Å². The number of rotatable bonds is 12. The predicted octanol–water partition coefficient (Wildman–Crippen LogP) is 3.24. The molecule has 0 amide bonds. The number of allylic oxidation sites excluding steroid dienone is 4. The molecule has 0 saturated heterocycles. The highest BCUT2D eigenvalue weighted by atomic mass is 16.5. The molecule has 8 heteroatoms. The fourth-order valence-corrected chi connectivity index (χ4v) is 3.87. The van der Waals surface area contributed by atoms with E-state index in [4.69, 9.17) is 10.00 Å². The van der Waals surface area contributed by atoms with Crippen molar-refractivity contribution in [2.24, 2.45) is 5.92 Å². The molecular formula is C28H40N6O2. The minimum Gasteiger partial charge on any atom is -0.492 e. The summed E-state index contributed by atoms with van der Waals surface area (Å²) in [6.07, 6.45) is 20.3. The summed E-state index contributed by atoms with van der Waals surface area (Å²) in [6, 6.07) is 2.21. The average Bonchev–Trinajstić information content (AvgIpc) is 3.10. The van der Waals surface area contributed by atoms with Gasteiger partial charge in [0.2, 0.25) is 0 Å². The summed E-state index contributed by atoms with van der Waals surface area (Å²) in [5.74, 6) is 1.79. The van der Waals surface area contributed by atoms with E-state index in [1.54, 1.807) is 6.07 Å². The van der Waals surface area contributed by atoms with Crippen LogP contribution in [0, 0.1) is 17.2 Å². The summed E-state index contributed by atoms with van der Waals surface area (Å²) < 4.78 is 6.05. The Kier molecular flexibility index (Phi) is 13.4. The molecule has 2 aliphatic carbocycles. The number of ether oxygens (including phenoxy) is 1. The van der Waals surface area contributed by atoms with E-state index in [2.05, 4.69) is 77.6 Å². The van der Waals surface area contributed by atoms with Gasteiger partial charge in [-0.15, -0.1) is 0 Å². The van der Waals surface area contributed by atoms with Gasteiger partial charge in [-0.2, -0.15) is 5.26 Å². The normalized spacial score (nSPS) is 16.6. The van der Waals surface area contributed by atoms with E-state index in [0.717, 1.165) is 44.3 Å². The average molecular weight is 493 g/mol. The van der Waals surface area contributed by atoms with E-state index in [9.17, 15) is 4.79 Å².